The van der Waals surface area contributed by atoms with E-state index in [4.69, 9.17) is 9.47 Å². The second-order valence-corrected chi connectivity index (χ2v) is 8.78. The summed E-state index contributed by atoms with van der Waals surface area (Å²) in [6, 6.07) is 11.7. The summed E-state index contributed by atoms with van der Waals surface area (Å²) in [7, 11) is -4.40. The lowest BCUT2D eigenvalue weighted by atomic mass is 9.92. The number of nitrogens with zero attached hydrogens (tertiary/aromatic N) is 1. The van der Waals surface area contributed by atoms with Gasteiger partial charge in [0.1, 0.15) is 10.6 Å². The zero-order valence-corrected chi connectivity index (χ0v) is 17.3. The first-order valence-corrected chi connectivity index (χ1v) is 10.5. The van der Waals surface area contributed by atoms with Crippen molar-refractivity contribution < 1.29 is 27.2 Å². The quantitative estimate of drug-likeness (QED) is 0.403. The van der Waals surface area contributed by atoms with Crippen LogP contribution in [0.2, 0.25) is 0 Å². The molecular weight excluding hydrogens is 396 g/mol. The lowest BCUT2D eigenvalue weighted by Crippen LogP contribution is -2.35. The van der Waals surface area contributed by atoms with Crippen molar-refractivity contribution in [3.63, 3.8) is 0 Å². The predicted molar refractivity (Wildman–Crippen MR) is 107 cm³/mol. The summed E-state index contributed by atoms with van der Waals surface area (Å²) >= 11 is 0. The highest BCUT2D eigenvalue weighted by Gasteiger charge is 2.43. The van der Waals surface area contributed by atoms with Gasteiger partial charge in [-0.2, -0.15) is 8.42 Å². The summed E-state index contributed by atoms with van der Waals surface area (Å²) < 4.78 is 42.8. The molecule has 1 aliphatic heterocycles. The highest BCUT2D eigenvalue weighted by atomic mass is 32.2. The number of hydrogen-bond donors (Lipinski definition) is 2. The van der Waals surface area contributed by atoms with Crippen LogP contribution in [0.1, 0.15) is 18.1 Å². The molecule has 1 atom stereocenters. The lowest BCUT2D eigenvalue weighted by Gasteiger charge is -2.22. The Hall–Kier alpha value is -2.62. The Balaban J connectivity index is 1.60. The van der Waals surface area contributed by atoms with Crippen molar-refractivity contribution in [2.75, 3.05) is 25.0 Å². The van der Waals surface area contributed by atoms with E-state index in [-0.39, 0.29) is 30.0 Å². The highest BCUT2D eigenvalue weighted by molar-refractivity contribution is 7.86. The first-order valence-electron chi connectivity index (χ1n) is 9.03. The average molecular weight is 420 g/mol. The van der Waals surface area contributed by atoms with Gasteiger partial charge in [-0.3, -0.25) is 19.8 Å². The van der Waals surface area contributed by atoms with Gasteiger partial charge in [-0.15, -0.1) is 0 Å². The Kier molecular flexibility index (Phi) is 5.83. The molecule has 2 aromatic carbocycles. The fourth-order valence-corrected chi connectivity index (χ4v) is 3.66. The van der Waals surface area contributed by atoms with Crippen LogP contribution in [0.15, 0.2) is 47.4 Å². The fraction of sp³-hybridized carbons (Fsp3) is 0.350. The molecule has 1 aliphatic rings. The van der Waals surface area contributed by atoms with Crippen molar-refractivity contribution in [2.24, 2.45) is 5.41 Å². The summed E-state index contributed by atoms with van der Waals surface area (Å²) in [5.41, 5.74) is 5.25. The number of benzene rings is 2. The minimum absolute atomic E-state index is 0.0206. The number of anilines is 1. The van der Waals surface area contributed by atoms with Crippen LogP contribution in [0.4, 0.5) is 5.69 Å². The van der Waals surface area contributed by atoms with Gasteiger partial charge < -0.3 is 9.47 Å². The molecule has 0 aliphatic carbocycles. The molecular formula is C20H24N2O6S. The average Bonchev–Trinajstić information content (AvgIpc) is 2.96. The molecule has 1 unspecified atom stereocenters. The number of amides is 1. The van der Waals surface area contributed by atoms with E-state index in [1.807, 2.05) is 32.0 Å². The second kappa shape index (κ2) is 8.02. The van der Waals surface area contributed by atoms with Gasteiger partial charge in [0.15, 0.2) is 6.79 Å². The number of rotatable bonds is 7. The number of hydrogen-bond acceptors (Lipinski definition) is 6. The van der Waals surface area contributed by atoms with Gasteiger partial charge in [-0.05, 0) is 56.2 Å². The number of nitrogens with one attached hydrogen (secondary N) is 1. The summed E-state index contributed by atoms with van der Waals surface area (Å²) in [6.45, 7) is 6.05. The monoisotopic (exact) mass is 420 g/mol. The fourth-order valence-electron chi connectivity index (χ4n) is 3.03. The smallest absolute Gasteiger partial charge is 0.298 e. The molecule has 0 radical (unpaired) electrons. The van der Waals surface area contributed by atoms with E-state index in [0.29, 0.717) is 6.54 Å². The van der Waals surface area contributed by atoms with Crippen molar-refractivity contribution >= 4 is 21.7 Å². The van der Waals surface area contributed by atoms with Crippen molar-refractivity contribution in [1.82, 2.24) is 5.43 Å². The molecule has 0 bridgehead atoms. The Labute approximate surface area is 170 Å². The van der Waals surface area contributed by atoms with Crippen molar-refractivity contribution in [2.45, 2.75) is 25.7 Å². The zero-order chi connectivity index (χ0) is 21.2. The van der Waals surface area contributed by atoms with Crippen LogP contribution >= 0.6 is 0 Å². The molecule has 9 heteroatoms. The van der Waals surface area contributed by atoms with Gasteiger partial charge in [-0.1, -0.05) is 18.2 Å². The molecule has 1 fully saturated rings. The first kappa shape index (κ1) is 21.1. The van der Waals surface area contributed by atoms with E-state index in [0.717, 1.165) is 11.3 Å². The van der Waals surface area contributed by atoms with Crippen LogP contribution in [0, 0.1) is 19.3 Å². The minimum atomic E-state index is -4.40. The molecule has 0 aromatic heterocycles. The Morgan fingerprint density at radius 1 is 1.17 bits per heavy atom. The molecule has 1 heterocycles. The second-order valence-electron chi connectivity index (χ2n) is 7.39. The SMILES string of the molecule is Cc1ccc(N2CC(C)(COCOc3ccccc3S(=O)(=O)O)C(=O)N2)cc1C. The zero-order valence-electron chi connectivity index (χ0n) is 16.5. The molecule has 3 rings (SSSR count). The van der Waals surface area contributed by atoms with Crippen LogP contribution in [0.5, 0.6) is 5.75 Å². The van der Waals surface area contributed by atoms with Crippen molar-refractivity contribution in [3.05, 3.63) is 53.6 Å². The van der Waals surface area contributed by atoms with E-state index in [9.17, 15) is 17.8 Å². The van der Waals surface area contributed by atoms with Gasteiger partial charge >= 0.3 is 0 Å². The summed E-state index contributed by atoms with van der Waals surface area (Å²) in [4.78, 5) is 12.2. The molecule has 156 valence electrons. The first-order chi connectivity index (χ1) is 13.6. The topological polar surface area (TPSA) is 105 Å². The number of ether oxygens (including phenoxy) is 2. The van der Waals surface area contributed by atoms with Crippen LogP contribution in [0.25, 0.3) is 0 Å². The summed E-state index contributed by atoms with van der Waals surface area (Å²) in [6.07, 6.45) is 0. The molecule has 1 amide bonds. The largest absolute Gasteiger partial charge is 0.466 e. The van der Waals surface area contributed by atoms with Gasteiger partial charge in [0.2, 0.25) is 5.91 Å². The maximum atomic E-state index is 12.5. The predicted octanol–water partition coefficient (Wildman–Crippen LogP) is 2.46. The lowest BCUT2D eigenvalue weighted by molar-refractivity contribution is -0.131. The molecule has 0 spiro atoms. The molecule has 29 heavy (non-hydrogen) atoms. The van der Waals surface area contributed by atoms with Crippen LogP contribution in [0.3, 0.4) is 0 Å². The van der Waals surface area contributed by atoms with Crippen LogP contribution < -0.4 is 15.2 Å². The Bertz CT molecular complexity index is 1020. The minimum Gasteiger partial charge on any atom is -0.466 e. The number of hydrazine groups is 1. The normalized spacial score (nSPS) is 19.3. The van der Waals surface area contributed by atoms with Crippen molar-refractivity contribution in [1.29, 1.82) is 0 Å². The number of aryl methyl sites for hydroxylation is 2. The summed E-state index contributed by atoms with van der Waals surface area (Å²) in [5.74, 6) is -0.193. The Morgan fingerprint density at radius 3 is 2.59 bits per heavy atom. The van der Waals surface area contributed by atoms with E-state index in [1.54, 1.807) is 18.0 Å². The van der Waals surface area contributed by atoms with E-state index < -0.39 is 15.5 Å². The molecule has 0 saturated carbocycles. The van der Waals surface area contributed by atoms with Crippen LogP contribution in [-0.2, 0) is 19.6 Å². The van der Waals surface area contributed by atoms with E-state index in [2.05, 4.69) is 5.43 Å². The molecule has 2 aromatic rings. The van der Waals surface area contributed by atoms with Crippen molar-refractivity contribution in [3.8, 4) is 5.75 Å². The number of carbonyl (C=O) groups excluding carboxylic acids is 1. The van der Waals surface area contributed by atoms with Gasteiger partial charge in [0.25, 0.3) is 10.1 Å². The molecule has 1 saturated heterocycles. The molecule has 8 nitrogen and oxygen atoms in total. The maximum absolute atomic E-state index is 12.5. The highest BCUT2D eigenvalue weighted by Crippen LogP contribution is 2.29. The number of para-hydroxylation sites is 1. The standard InChI is InChI=1S/C20H24N2O6S/c1-14-8-9-16(10-15(14)2)22-11-20(3,19(23)21-22)12-27-13-28-17-6-4-5-7-18(17)29(24,25)26/h4-10H,11-13H2,1-3H3,(H,21,23)(H,24,25,26). The van der Waals surface area contributed by atoms with Gasteiger partial charge in [0.05, 0.1) is 24.3 Å². The van der Waals surface area contributed by atoms with E-state index >= 15 is 0 Å². The third-order valence-electron chi connectivity index (χ3n) is 4.94. The number of carbonyl (C=O) groups is 1. The Morgan fingerprint density at radius 2 is 1.90 bits per heavy atom. The van der Waals surface area contributed by atoms with E-state index in [1.165, 1.54) is 23.8 Å². The summed E-state index contributed by atoms with van der Waals surface area (Å²) in [5, 5.41) is 1.78. The van der Waals surface area contributed by atoms with Crippen LogP contribution in [-0.4, -0.2) is 38.8 Å². The van der Waals surface area contributed by atoms with Gasteiger partial charge in [-0.25, -0.2) is 0 Å². The third-order valence-corrected chi connectivity index (χ3v) is 5.83. The molecule has 2 N–H and O–H groups in total. The third kappa shape index (κ3) is 4.69. The maximum Gasteiger partial charge on any atom is 0.298 e. The van der Waals surface area contributed by atoms with Gasteiger partial charge in [0, 0.05) is 0 Å².